The number of benzene rings is 2. The average molecular weight is 322 g/mol. The van der Waals surface area contributed by atoms with E-state index in [0.29, 0.717) is 11.1 Å². The van der Waals surface area contributed by atoms with Crippen LogP contribution in [0.25, 0.3) is 0 Å². The first kappa shape index (κ1) is 15.9. The Kier molecular flexibility index (Phi) is 4.42. The van der Waals surface area contributed by atoms with Crippen molar-refractivity contribution in [3.8, 4) is 0 Å². The molecule has 1 aliphatic rings. The van der Waals surface area contributed by atoms with Gasteiger partial charge in [0.25, 0.3) is 11.8 Å². The van der Waals surface area contributed by atoms with E-state index in [0.717, 1.165) is 11.1 Å². The Balaban J connectivity index is 1.54. The summed E-state index contributed by atoms with van der Waals surface area (Å²) < 4.78 is 0. The second kappa shape index (κ2) is 6.66. The lowest BCUT2D eigenvalue weighted by Gasteiger charge is -2.14. The van der Waals surface area contributed by atoms with Crippen LogP contribution in [-0.4, -0.2) is 35.7 Å². The van der Waals surface area contributed by atoms with E-state index in [2.05, 4.69) is 5.32 Å². The first-order valence-electron chi connectivity index (χ1n) is 7.84. The summed E-state index contributed by atoms with van der Waals surface area (Å²) in [6.07, 6.45) is 0.286. The van der Waals surface area contributed by atoms with E-state index in [9.17, 15) is 14.4 Å². The Morgan fingerprint density at radius 2 is 1.54 bits per heavy atom. The molecule has 1 heterocycles. The second-order valence-corrected chi connectivity index (χ2v) is 5.76. The highest BCUT2D eigenvalue weighted by molar-refractivity contribution is 6.21. The number of rotatable bonds is 5. The highest BCUT2D eigenvalue weighted by atomic mass is 16.2. The van der Waals surface area contributed by atoms with Crippen LogP contribution in [0.1, 0.15) is 31.8 Å². The normalized spacial score (nSPS) is 13.1. The lowest BCUT2D eigenvalue weighted by Crippen LogP contribution is -2.38. The number of nitrogens with zero attached hydrogens (tertiary/aromatic N) is 1. The number of carbonyl (C=O) groups is 3. The molecule has 1 N–H and O–H groups in total. The molecule has 0 saturated heterocycles. The van der Waals surface area contributed by atoms with Crippen molar-refractivity contribution in [1.82, 2.24) is 10.2 Å². The molecular weight excluding hydrogens is 304 g/mol. The van der Waals surface area contributed by atoms with Gasteiger partial charge < -0.3 is 5.32 Å². The third kappa shape index (κ3) is 3.06. The Labute approximate surface area is 140 Å². The van der Waals surface area contributed by atoms with Crippen LogP contribution in [0.15, 0.2) is 48.5 Å². The molecule has 0 unspecified atom stereocenters. The van der Waals surface area contributed by atoms with Gasteiger partial charge in [-0.05, 0) is 30.2 Å². The van der Waals surface area contributed by atoms with Crippen LogP contribution in [0.4, 0.5) is 0 Å². The van der Waals surface area contributed by atoms with Crippen LogP contribution < -0.4 is 5.32 Å². The molecule has 2 aromatic carbocycles. The van der Waals surface area contributed by atoms with E-state index in [1.807, 2.05) is 31.2 Å². The fourth-order valence-electron chi connectivity index (χ4n) is 2.79. The minimum Gasteiger partial charge on any atom is -0.354 e. The topological polar surface area (TPSA) is 66.5 Å². The molecule has 5 nitrogen and oxygen atoms in total. The number of amides is 3. The monoisotopic (exact) mass is 322 g/mol. The fraction of sp³-hybridized carbons (Fsp3) is 0.211. The van der Waals surface area contributed by atoms with Gasteiger partial charge in [-0.25, -0.2) is 0 Å². The minimum absolute atomic E-state index is 0.124. The van der Waals surface area contributed by atoms with E-state index in [4.69, 9.17) is 0 Å². The molecular formula is C19H18N2O3. The van der Waals surface area contributed by atoms with Crippen molar-refractivity contribution < 1.29 is 14.4 Å². The summed E-state index contributed by atoms with van der Waals surface area (Å²) in [7, 11) is 0. The number of nitrogens with one attached hydrogen (secondary N) is 1. The van der Waals surface area contributed by atoms with E-state index >= 15 is 0 Å². The fourth-order valence-corrected chi connectivity index (χ4v) is 2.79. The quantitative estimate of drug-likeness (QED) is 0.856. The van der Waals surface area contributed by atoms with Crippen LogP contribution >= 0.6 is 0 Å². The van der Waals surface area contributed by atoms with E-state index in [-0.39, 0.29) is 37.2 Å². The summed E-state index contributed by atoms with van der Waals surface area (Å²) >= 11 is 0. The molecule has 0 bridgehead atoms. The van der Waals surface area contributed by atoms with E-state index in [1.165, 1.54) is 4.90 Å². The van der Waals surface area contributed by atoms with Crippen LogP contribution in [0, 0.1) is 6.92 Å². The number of hydrogen-bond donors (Lipinski definition) is 1. The second-order valence-electron chi connectivity index (χ2n) is 5.76. The summed E-state index contributed by atoms with van der Waals surface area (Å²) in [4.78, 5) is 37.6. The molecule has 24 heavy (non-hydrogen) atoms. The first-order chi connectivity index (χ1) is 11.6. The van der Waals surface area contributed by atoms with Crippen molar-refractivity contribution in [3.63, 3.8) is 0 Å². The maximum absolute atomic E-state index is 12.2. The number of fused-ring (bicyclic) bond motifs is 1. The molecule has 0 fully saturated rings. The van der Waals surface area contributed by atoms with E-state index in [1.54, 1.807) is 24.3 Å². The maximum Gasteiger partial charge on any atom is 0.261 e. The zero-order valence-electron chi connectivity index (χ0n) is 13.4. The molecule has 0 atom stereocenters. The van der Waals surface area contributed by atoms with Crippen molar-refractivity contribution in [1.29, 1.82) is 0 Å². The third-order valence-electron chi connectivity index (χ3n) is 4.15. The summed E-state index contributed by atoms with van der Waals surface area (Å²) in [6, 6.07) is 14.5. The highest BCUT2D eigenvalue weighted by Gasteiger charge is 2.34. The van der Waals surface area contributed by atoms with Crippen molar-refractivity contribution >= 4 is 17.7 Å². The Morgan fingerprint density at radius 1 is 0.958 bits per heavy atom. The molecule has 0 aromatic heterocycles. The zero-order valence-corrected chi connectivity index (χ0v) is 13.4. The van der Waals surface area contributed by atoms with Crippen molar-refractivity contribution in [3.05, 3.63) is 70.8 Å². The van der Waals surface area contributed by atoms with Gasteiger partial charge >= 0.3 is 0 Å². The molecule has 122 valence electrons. The van der Waals surface area contributed by atoms with Crippen LogP contribution in [0.5, 0.6) is 0 Å². The number of imide groups is 1. The number of aryl methyl sites for hydroxylation is 1. The maximum atomic E-state index is 12.2. The lowest BCUT2D eigenvalue weighted by molar-refractivity contribution is -0.120. The number of carbonyl (C=O) groups excluding carboxylic acids is 3. The zero-order chi connectivity index (χ0) is 17.1. The van der Waals surface area contributed by atoms with Crippen molar-refractivity contribution in [2.45, 2.75) is 13.3 Å². The van der Waals surface area contributed by atoms with Crippen LogP contribution in [-0.2, 0) is 11.2 Å². The van der Waals surface area contributed by atoms with Gasteiger partial charge in [-0.1, -0.05) is 36.4 Å². The lowest BCUT2D eigenvalue weighted by atomic mass is 10.1. The van der Waals surface area contributed by atoms with Crippen LogP contribution in [0.3, 0.4) is 0 Å². The average Bonchev–Trinajstić information content (AvgIpc) is 2.82. The Morgan fingerprint density at radius 3 is 2.17 bits per heavy atom. The molecule has 3 rings (SSSR count). The summed E-state index contributed by atoms with van der Waals surface area (Å²) in [6.45, 7) is 2.38. The molecule has 2 aromatic rings. The third-order valence-corrected chi connectivity index (χ3v) is 4.15. The summed E-state index contributed by atoms with van der Waals surface area (Å²) in [5.41, 5.74) is 2.88. The predicted molar refractivity (Wildman–Crippen MR) is 89.7 cm³/mol. The van der Waals surface area contributed by atoms with Gasteiger partial charge in [-0.3, -0.25) is 19.3 Å². The van der Waals surface area contributed by atoms with Gasteiger partial charge in [0, 0.05) is 13.1 Å². The van der Waals surface area contributed by atoms with Crippen molar-refractivity contribution in [2.75, 3.05) is 13.1 Å². The van der Waals surface area contributed by atoms with Crippen LogP contribution in [0.2, 0.25) is 0 Å². The smallest absolute Gasteiger partial charge is 0.261 e. The molecule has 0 aliphatic carbocycles. The predicted octanol–water partition coefficient (Wildman–Crippen LogP) is 1.95. The summed E-state index contributed by atoms with van der Waals surface area (Å²) in [5, 5.41) is 2.77. The van der Waals surface area contributed by atoms with Gasteiger partial charge in [0.15, 0.2) is 0 Å². The van der Waals surface area contributed by atoms with Crippen molar-refractivity contribution in [2.24, 2.45) is 0 Å². The summed E-state index contributed by atoms with van der Waals surface area (Å²) in [5.74, 6) is -0.728. The van der Waals surface area contributed by atoms with Gasteiger partial charge in [-0.2, -0.15) is 0 Å². The largest absolute Gasteiger partial charge is 0.354 e. The molecule has 0 spiro atoms. The minimum atomic E-state index is -0.302. The highest BCUT2D eigenvalue weighted by Crippen LogP contribution is 2.21. The van der Waals surface area contributed by atoms with E-state index < -0.39 is 0 Å². The van der Waals surface area contributed by atoms with Gasteiger partial charge in [0.05, 0.1) is 17.5 Å². The standard InChI is InChI=1S/C19H18N2O3/c1-13-6-2-3-7-14(13)12-17(22)20-10-11-21-18(23)15-8-4-5-9-16(15)19(21)24/h2-9H,10-12H2,1H3,(H,20,22). The Bertz CT molecular complexity index is 779. The van der Waals surface area contributed by atoms with Gasteiger partial charge in [-0.15, -0.1) is 0 Å². The molecule has 0 radical (unpaired) electrons. The molecule has 5 heteroatoms. The first-order valence-corrected chi connectivity index (χ1v) is 7.84. The SMILES string of the molecule is Cc1ccccc1CC(=O)NCCN1C(=O)c2ccccc2C1=O. The number of hydrogen-bond acceptors (Lipinski definition) is 3. The van der Waals surface area contributed by atoms with Gasteiger partial charge in [0.1, 0.15) is 0 Å². The molecule has 1 aliphatic heterocycles. The molecule has 3 amide bonds. The van der Waals surface area contributed by atoms with Gasteiger partial charge in [0.2, 0.25) is 5.91 Å². The Hall–Kier alpha value is -2.95. The molecule has 0 saturated carbocycles.